The summed E-state index contributed by atoms with van der Waals surface area (Å²) in [6, 6.07) is 20.9. The molecule has 34 heavy (non-hydrogen) atoms. The molecule has 0 saturated carbocycles. The van der Waals surface area contributed by atoms with Crippen LogP contribution in [-0.2, 0) is 9.59 Å². The number of carboxylic acid groups (broad SMARTS) is 2. The number of fused-ring (bicyclic) bond motifs is 1. The van der Waals surface area contributed by atoms with Crippen LogP contribution in [0.3, 0.4) is 0 Å². The lowest BCUT2D eigenvalue weighted by molar-refractivity contribution is -0.159. The standard InChI is InChI=1S/C23H22N2O3.C2H2O4/c1-28-21-12-5-4-10-20(21)23(27)25-15-13-24(14-16-25)22(26)19-11-6-8-17-7-2-3-9-18(17)19;3-1(4)2(5)6/h2-12H,13-16H2,1H3;(H,3,4)(H,5,6). The monoisotopic (exact) mass is 464 g/mol. The van der Waals surface area contributed by atoms with Gasteiger partial charge in [-0.15, -0.1) is 0 Å². The Morgan fingerprint density at radius 1 is 0.676 bits per heavy atom. The second-order valence-corrected chi connectivity index (χ2v) is 7.42. The Balaban J connectivity index is 0.000000481. The van der Waals surface area contributed by atoms with Crippen molar-refractivity contribution in [2.24, 2.45) is 0 Å². The zero-order valence-electron chi connectivity index (χ0n) is 18.5. The molecule has 0 spiro atoms. The average molecular weight is 464 g/mol. The minimum absolute atomic E-state index is 0.0150. The number of methoxy groups -OCH3 is 1. The molecular formula is C25H24N2O7. The van der Waals surface area contributed by atoms with Crippen LogP contribution in [0.2, 0.25) is 0 Å². The van der Waals surface area contributed by atoms with Crippen LogP contribution in [0.5, 0.6) is 5.75 Å². The van der Waals surface area contributed by atoms with E-state index >= 15 is 0 Å². The molecule has 1 heterocycles. The second-order valence-electron chi connectivity index (χ2n) is 7.42. The van der Waals surface area contributed by atoms with Gasteiger partial charge in [0.2, 0.25) is 0 Å². The molecule has 0 atom stereocenters. The molecule has 3 aromatic rings. The average Bonchev–Trinajstić information content (AvgIpc) is 2.88. The number of piperazine rings is 1. The molecule has 1 aliphatic heterocycles. The molecule has 2 amide bonds. The molecule has 0 unspecified atom stereocenters. The third-order valence-corrected chi connectivity index (χ3v) is 5.39. The van der Waals surface area contributed by atoms with Crippen molar-refractivity contribution < 1.29 is 34.1 Å². The second kappa shape index (κ2) is 11.0. The molecule has 9 nitrogen and oxygen atoms in total. The van der Waals surface area contributed by atoms with Crippen LogP contribution in [0.1, 0.15) is 20.7 Å². The number of para-hydroxylation sites is 1. The van der Waals surface area contributed by atoms with Crippen molar-refractivity contribution >= 4 is 34.5 Å². The molecule has 0 aromatic heterocycles. The summed E-state index contributed by atoms with van der Waals surface area (Å²) in [5, 5.41) is 16.8. The maximum absolute atomic E-state index is 13.1. The van der Waals surface area contributed by atoms with Gasteiger partial charge in [-0.25, -0.2) is 9.59 Å². The Hall–Kier alpha value is -4.40. The van der Waals surface area contributed by atoms with Gasteiger partial charge in [-0.2, -0.15) is 0 Å². The molecule has 1 aliphatic rings. The number of nitrogens with zero attached hydrogens (tertiary/aromatic N) is 2. The van der Waals surface area contributed by atoms with Crippen LogP contribution in [0.25, 0.3) is 10.8 Å². The minimum Gasteiger partial charge on any atom is -0.496 e. The highest BCUT2D eigenvalue weighted by atomic mass is 16.5. The fraction of sp³-hybridized carbons (Fsp3) is 0.200. The van der Waals surface area contributed by atoms with Crippen LogP contribution in [0, 0.1) is 0 Å². The quantitative estimate of drug-likeness (QED) is 0.571. The van der Waals surface area contributed by atoms with E-state index in [1.807, 2.05) is 59.5 Å². The Bertz CT molecular complexity index is 1200. The van der Waals surface area contributed by atoms with Gasteiger partial charge in [0.25, 0.3) is 11.8 Å². The molecule has 1 saturated heterocycles. The lowest BCUT2D eigenvalue weighted by Crippen LogP contribution is -2.50. The number of carboxylic acids is 2. The predicted molar refractivity (Wildman–Crippen MR) is 124 cm³/mol. The zero-order chi connectivity index (χ0) is 24.7. The van der Waals surface area contributed by atoms with Crippen molar-refractivity contribution in [3.63, 3.8) is 0 Å². The fourth-order valence-electron chi connectivity index (χ4n) is 3.69. The van der Waals surface area contributed by atoms with Gasteiger partial charge >= 0.3 is 11.9 Å². The minimum atomic E-state index is -1.82. The molecule has 1 fully saturated rings. The van der Waals surface area contributed by atoms with Gasteiger partial charge in [0.05, 0.1) is 12.7 Å². The normalized spacial score (nSPS) is 13.0. The van der Waals surface area contributed by atoms with E-state index in [1.54, 1.807) is 24.1 Å². The van der Waals surface area contributed by atoms with Crippen molar-refractivity contribution in [3.8, 4) is 5.75 Å². The van der Waals surface area contributed by atoms with Gasteiger partial charge in [0, 0.05) is 31.7 Å². The van der Waals surface area contributed by atoms with E-state index in [4.69, 9.17) is 24.5 Å². The van der Waals surface area contributed by atoms with E-state index < -0.39 is 11.9 Å². The number of hydrogen-bond donors (Lipinski definition) is 2. The van der Waals surface area contributed by atoms with Gasteiger partial charge in [-0.1, -0.05) is 48.5 Å². The van der Waals surface area contributed by atoms with Crippen LogP contribution < -0.4 is 4.74 Å². The summed E-state index contributed by atoms with van der Waals surface area (Å²) in [5.74, 6) is -3.12. The van der Waals surface area contributed by atoms with Crippen molar-refractivity contribution in [2.75, 3.05) is 33.3 Å². The van der Waals surface area contributed by atoms with E-state index in [0.29, 0.717) is 43.1 Å². The molecule has 2 N–H and O–H groups in total. The van der Waals surface area contributed by atoms with E-state index in [-0.39, 0.29) is 11.8 Å². The third-order valence-electron chi connectivity index (χ3n) is 5.39. The molecular weight excluding hydrogens is 440 g/mol. The summed E-state index contributed by atoms with van der Waals surface area (Å²) < 4.78 is 5.30. The first kappa shape index (κ1) is 24.2. The summed E-state index contributed by atoms with van der Waals surface area (Å²) in [7, 11) is 1.56. The lowest BCUT2D eigenvalue weighted by atomic mass is 10.0. The molecule has 0 radical (unpaired) electrons. The Labute approximate surface area is 195 Å². The maximum atomic E-state index is 13.1. The summed E-state index contributed by atoms with van der Waals surface area (Å²) >= 11 is 0. The Kier molecular flexibility index (Phi) is 7.81. The molecule has 9 heteroatoms. The molecule has 4 rings (SSSR count). The van der Waals surface area contributed by atoms with E-state index in [2.05, 4.69) is 0 Å². The SMILES string of the molecule is COc1ccccc1C(=O)N1CCN(C(=O)c2cccc3ccccc23)CC1.O=C(O)C(=O)O. The number of ether oxygens (including phenoxy) is 1. The Morgan fingerprint density at radius 2 is 1.15 bits per heavy atom. The van der Waals surface area contributed by atoms with Crippen LogP contribution in [-0.4, -0.2) is 77.1 Å². The van der Waals surface area contributed by atoms with Gasteiger partial charge in [-0.05, 0) is 29.0 Å². The van der Waals surface area contributed by atoms with Gasteiger partial charge in [0.1, 0.15) is 5.75 Å². The maximum Gasteiger partial charge on any atom is 0.414 e. The zero-order valence-corrected chi connectivity index (χ0v) is 18.5. The van der Waals surface area contributed by atoms with Gasteiger partial charge < -0.3 is 24.7 Å². The van der Waals surface area contributed by atoms with Gasteiger partial charge in [0.15, 0.2) is 0 Å². The topological polar surface area (TPSA) is 124 Å². The lowest BCUT2D eigenvalue weighted by Gasteiger charge is -2.35. The van der Waals surface area contributed by atoms with Crippen molar-refractivity contribution in [2.45, 2.75) is 0 Å². The summed E-state index contributed by atoms with van der Waals surface area (Å²) in [6.45, 7) is 2.05. The highest BCUT2D eigenvalue weighted by Gasteiger charge is 2.27. The largest absolute Gasteiger partial charge is 0.496 e. The molecule has 0 bridgehead atoms. The van der Waals surface area contributed by atoms with E-state index in [1.165, 1.54) is 0 Å². The smallest absolute Gasteiger partial charge is 0.414 e. The summed E-state index contributed by atoms with van der Waals surface area (Å²) in [4.78, 5) is 47.7. The number of amides is 2. The first-order valence-electron chi connectivity index (χ1n) is 10.5. The van der Waals surface area contributed by atoms with Crippen LogP contribution in [0.15, 0.2) is 66.7 Å². The number of carbonyl (C=O) groups is 4. The third kappa shape index (κ3) is 5.50. The number of benzene rings is 3. The Morgan fingerprint density at radius 3 is 1.74 bits per heavy atom. The first-order chi connectivity index (χ1) is 16.3. The summed E-state index contributed by atoms with van der Waals surface area (Å²) in [5.41, 5.74) is 1.27. The number of carbonyl (C=O) groups excluding carboxylic acids is 2. The number of aliphatic carboxylic acids is 2. The summed E-state index contributed by atoms with van der Waals surface area (Å²) in [6.07, 6.45) is 0. The number of rotatable bonds is 3. The van der Waals surface area contributed by atoms with Crippen molar-refractivity contribution in [1.29, 1.82) is 0 Å². The van der Waals surface area contributed by atoms with Gasteiger partial charge in [-0.3, -0.25) is 9.59 Å². The fourth-order valence-corrected chi connectivity index (χ4v) is 3.69. The number of hydrogen-bond acceptors (Lipinski definition) is 5. The van der Waals surface area contributed by atoms with E-state index in [9.17, 15) is 9.59 Å². The van der Waals surface area contributed by atoms with Crippen LogP contribution in [0.4, 0.5) is 0 Å². The molecule has 176 valence electrons. The van der Waals surface area contributed by atoms with Crippen LogP contribution >= 0.6 is 0 Å². The molecule has 3 aromatic carbocycles. The van der Waals surface area contributed by atoms with Crippen molar-refractivity contribution in [3.05, 3.63) is 77.9 Å². The highest BCUT2D eigenvalue weighted by molar-refractivity contribution is 6.27. The predicted octanol–water partition coefficient (Wildman–Crippen LogP) is 2.60. The van der Waals surface area contributed by atoms with E-state index in [0.717, 1.165) is 10.8 Å². The first-order valence-corrected chi connectivity index (χ1v) is 10.5. The highest BCUT2D eigenvalue weighted by Crippen LogP contribution is 2.22. The molecule has 0 aliphatic carbocycles. The van der Waals surface area contributed by atoms with Crippen molar-refractivity contribution in [1.82, 2.24) is 9.80 Å².